The summed E-state index contributed by atoms with van der Waals surface area (Å²) in [6.07, 6.45) is 1.87. The maximum absolute atomic E-state index is 4.38. The van der Waals surface area contributed by atoms with Crippen LogP contribution in [0.25, 0.3) is 10.9 Å². The first kappa shape index (κ1) is 13.8. The maximum atomic E-state index is 4.38. The van der Waals surface area contributed by atoms with Crippen molar-refractivity contribution in [2.24, 2.45) is 0 Å². The van der Waals surface area contributed by atoms with Crippen molar-refractivity contribution >= 4 is 16.6 Å². The Labute approximate surface area is 115 Å². The number of rotatable bonds is 6. The molecule has 2 aromatic rings. The van der Waals surface area contributed by atoms with Crippen LogP contribution < -0.4 is 5.32 Å². The number of fused-ring (bicyclic) bond motifs is 1. The first-order chi connectivity index (χ1) is 9.22. The minimum Gasteiger partial charge on any atom is -0.383 e. The quantitative estimate of drug-likeness (QED) is 0.860. The standard InChI is InChI=1S/C16H23N3/c1-4-19(13(2)3)12-11-18-16-9-10-17-15-8-6-5-7-14(15)16/h5-10,13H,4,11-12H2,1-3H3,(H,17,18). The van der Waals surface area contributed by atoms with E-state index in [9.17, 15) is 0 Å². The van der Waals surface area contributed by atoms with Crippen LogP contribution in [0.1, 0.15) is 20.8 Å². The van der Waals surface area contributed by atoms with Gasteiger partial charge in [-0.2, -0.15) is 0 Å². The number of hydrogen-bond donors (Lipinski definition) is 1. The van der Waals surface area contributed by atoms with Crippen LogP contribution in [0.3, 0.4) is 0 Å². The molecule has 3 heteroatoms. The number of nitrogens with zero attached hydrogens (tertiary/aromatic N) is 2. The van der Waals surface area contributed by atoms with E-state index in [2.05, 4.69) is 48.1 Å². The monoisotopic (exact) mass is 257 g/mol. The highest BCUT2D eigenvalue weighted by Gasteiger charge is 2.06. The predicted octanol–water partition coefficient (Wildman–Crippen LogP) is 3.38. The Morgan fingerprint density at radius 1 is 1.21 bits per heavy atom. The molecule has 0 fully saturated rings. The van der Waals surface area contributed by atoms with E-state index in [-0.39, 0.29) is 0 Å². The molecule has 1 N–H and O–H groups in total. The lowest BCUT2D eigenvalue weighted by Crippen LogP contribution is -2.34. The van der Waals surface area contributed by atoms with E-state index in [1.54, 1.807) is 0 Å². The summed E-state index contributed by atoms with van der Waals surface area (Å²) in [5, 5.41) is 4.72. The van der Waals surface area contributed by atoms with Crippen molar-refractivity contribution in [2.45, 2.75) is 26.8 Å². The highest BCUT2D eigenvalue weighted by atomic mass is 15.2. The third-order valence-electron chi connectivity index (χ3n) is 3.50. The SMILES string of the molecule is CCN(CCNc1ccnc2ccccc12)C(C)C. The fourth-order valence-electron chi connectivity index (χ4n) is 2.37. The van der Waals surface area contributed by atoms with Crippen molar-refractivity contribution in [3.63, 3.8) is 0 Å². The summed E-state index contributed by atoms with van der Waals surface area (Å²) in [6.45, 7) is 9.81. The zero-order valence-corrected chi connectivity index (χ0v) is 12.1. The summed E-state index contributed by atoms with van der Waals surface area (Å²) in [5.41, 5.74) is 2.22. The molecule has 0 aliphatic heterocycles. The predicted molar refractivity (Wildman–Crippen MR) is 82.6 cm³/mol. The lowest BCUT2D eigenvalue weighted by atomic mass is 10.2. The third-order valence-corrected chi connectivity index (χ3v) is 3.50. The van der Waals surface area contributed by atoms with Crippen LogP contribution in [0.15, 0.2) is 36.5 Å². The number of para-hydroxylation sites is 1. The Hall–Kier alpha value is -1.61. The van der Waals surface area contributed by atoms with E-state index in [1.165, 1.54) is 11.1 Å². The maximum Gasteiger partial charge on any atom is 0.0722 e. The van der Waals surface area contributed by atoms with Crippen molar-refractivity contribution in [1.82, 2.24) is 9.88 Å². The third kappa shape index (κ3) is 3.44. The second kappa shape index (κ2) is 6.53. The smallest absolute Gasteiger partial charge is 0.0722 e. The van der Waals surface area contributed by atoms with E-state index >= 15 is 0 Å². The van der Waals surface area contributed by atoms with Crippen molar-refractivity contribution in [3.8, 4) is 0 Å². The van der Waals surface area contributed by atoms with Gasteiger partial charge in [-0.25, -0.2) is 0 Å². The van der Waals surface area contributed by atoms with Gasteiger partial charge < -0.3 is 5.32 Å². The van der Waals surface area contributed by atoms with Gasteiger partial charge in [-0.1, -0.05) is 25.1 Å². The van der Waals surface area contributed by atoms with Gasteiger partial charge in [0.15, 0.2) is 0 Å². The molecule has 0 amide bonds. The second-order valence-electron chi connectivity index (χ2n) is 5.02. The zero-order valence-electron chi connectivity index (χ0n) is 12.1. The van der Waals surface area contributed by atoms with E-state index in [0.29, 0.717) is 6.04 Å². The molecule has 3 nitrogen and oxygen atoms in total. The number of benzene rings is 1. The van der Waals surface area contributed by atoms with Gasteiger partial charge >= 0.3 is 0 Å². The average molecular weight is 257 g/mol. The van der Waals surface area contributed by atoms with Crippen LogP contribution in [-0.2, 0) is 0 Å². The highest BCUT2D eigenvalue weighted by Crippen LogP contribution is 2.20. The topological polar surface area (TPSA) is 28.2 Å². The molecule has 0 saturated heterocycles. The van der Waals surface area contributed by atoms with E-state index in [4.69, 9.17) is 0 Å². The normalized spacial score (nSPS) is 11.4. The molecule has 2 rings (SSSR count). The van der Waals surface area contributed by atoms with Crippen LogP contribution in [0.4, 0.5) is 5.69 Å². The summed E-state index contributed by atoms with van der Waals surface area (Å²) < 4.78 is 0. The summed E-state index contributed by atoms with van der Waals surface area (Å²) in [5.74, 6) is 0. The summed E-state index contributed by atoms with van der Waals surface area (Å²) in [4.78, 5) is 6.83. The Morgan fingerprint density at radius 2 is 2.00 bits per heavy atom. The minimum atomic E-state index is 0.598. The zero-order chi connectivity index (χ0) is 13.7. The van der Waals surface area contributed by atoms with Gasteiger partial charge in [-0.15, -0.1) is 0 Å². The van der Waals surface area contributed by atoms with Gasteiger partial charge in [0.05, 0.1) is 5.52 Å². The van der Waals surface area contributed by atoms with Gasteiger partial charge in [0, 0.05) is 36.4 Å². The molecule has 0 atom stereocenters. The summed E-state index contributed by atoms with van der Waals surface area (Å²) in [6, 6.07) is 10.9. The van der Waals surface area contributed by atoms with E-state index < -0.39 is 0 Å². The van der Waals surface area contributed by atoms with Crippen LogP contribution in [0.5, 0.6) is 0 Å². The van der Waals surface area contributed by atoms with Crippen LogP contribution in [-0.4, -0.2) is 35.6 Å². The minimum absolute atomic E-state index is 0.598. The number of nitrogens with one attached hydrogen (secondary N) is 1. The van der Waals surface area contributed by atoms with E-state index in [0.717, 1.165) is 25.2 Å². The molecular formula is C16H23N3. The molecular weight excluding hydrogens is 234 g/mol. The number of pyridine rings is 1. The largest absolute Gasteiger partial charge is 0.383 e. The molecule has 0 radical (unpaired) electrons. The molecule has 0 unspecified atom stereocenters. The molecule has 102 valence electrons. The average Bonchev–Trinajstić information content (AvgIpc) is 2.43. The molecule has 1 aromatic carbocycles. The Kier molecular flexibility index (Phi) is 4.74. The first-order valence-electron chi connectivity index (χ1n) is 7.04. The highest BCUT2D eigenvalue weighted by molar-refractivity contribution is 5.90. The molecule has 1 aromatic heterocycles. The van der Waals surface area contributed by atoms with Gasteiger partial charge in [0.25, 0.3) is 0 Å². The van der Waals surface area contributed by atoms with Crippen molar-refractivity contribution in [1.29, 1.82) is 0 Å². The number of anilines is 1. The molecule has 0 spiro atoms. The molecule has 0 aliphatic rings. The van der Waals surface area contributed by atoms with Crippen molar-refractivity contribution in [2.75, 3.05) is 25.0 Å². The Balaban J connectivity index is 2.02. The molecule has 0 aliphatic carbocycles. The van der Waals surface area contributed by atoms with Crippen LogP contribution in [0.2, 0.25) is 0 Å². The molecule has 19 heavy (non-hydrogen) atoms. The lowest BCUT2D eigenvalue weighted by Gasteiger charge is -2.25. The van der Waals surface area contributed by atoms with E-state index in [1.807, 2.05) is 24.4 Å². The summed E-state index contributed by atoms with van der Waals surface area (Å²) >= 11 is 0. The fraction of sp³-hybridized carbons (Fsp3) is 0.438. The van der Waals surface area contributed by atoms with Gasteiger partial charge in [0.2, 0.25) is 0 Å². The molecule has 0 bridgehead atoms. The van der Waals surface area contributed by atoms with Gasteiger partial charge in [0.1, 0.15) is 0 Å². The van der Waals surface area contributed by atoms with Crippen LogP contribution >= 0.6 is 0 Å². The number of likely N-dealkylation sites (N-methyl/N-ethyl adjacent to an activating group) is 1. The van der Waals surface area contributed by atoms with Crippen LogP contribution in [0, 0.1) is 0 Å². The molecule has 0 saturated carbocycles. The number of hydrogen-bond acceptors (Lipinski definition) is 3. The fourth-order valence-corrected chi connectivity index (χ4v) is 2.37. The summed E-state index contributed by atoms with van der Waals surface area (Å²) in [7, 11) is 0. The second-order valence-corrected chi connectivity index (χ2v) is 5.02. The molecule has 1 heterocycles. The Morgan fingerprint density at radius 3 is 2.74 bits per heavy atom. The van der Waals surface area contributed by atoms with Crippen molar-refractivity contribution in [3.05, 3.63) is 36.5 Å². The first-order valence-corrected chi connectivity index (χ1v) is 7.04. The van der Waals surface area contributed by atoms with Gasteiger partial charge in [-0.05, 0) is 32.5 Å². The number of aromatic nitrogens is 1. The lowest BCUT2D eigenvalue weighted by molar-refractivity contribution is 0.243. The van der Waals surface area contributed by atoms with Crippen molar-refractivity contribution < 1.29 is 0 Å². The Bertz CT molecular complexity index is 517. The van der Waals surface area contributed by atoms with Gasteiger partial charge in [-0.3, -0.25) is 9.88 Å².